The Labute approximate surface area is 75.1 Å². The molecule has 0 aliphatic rings. The van der Waals surface area contributed by atoms with E-state index < -0.39 is 0 Å². The van der Waals surface area contributed by atoms with Gasteiger partial charge in [-0.15, -0.1) is 0 Å². The second-order valence-electron chi connectivity index (χ2n) is 2.10. The van der Waals surface area contributed by atoms with Crippen LogP contribution in [0.2, 0.25) is 0 Å². The first kappa shape index (κ1) is 8.75. The maximum atomic E-state index is 8.44. The van der Waals surface area contributed by atoms with E-state index in [2.05, 4.69) is 0 Å². The molecule has 1 rings (SSSR count). The van der Waals surface area contributed by atoms with E-state index in [4.69, 9.17) is 15.7 Å². The molecule has 4 heteroatoms. The fourth-order valence-corrected chi connectivity index (χ4v) is 1.29. The molecule has 0 bridgehead atoms. The molecule has 0 unspecified atom stereocenters. The zero-order valence-corrected chi connectivity index (χ0v) is 7.39. The highest BCUT2D eigenvalue weighted by molar-refractivity contribution is 8.03. The minimum atomic E-state index is 0.633. The predicted octanol–water partition coefficient (Wildman–Crippen LogP) is 1.85. The average Bonchev–Trinajstić information content (AvgIpc) is 2.08. The van der Waals surface area contributed by atoms with Crippen LogP contribution in [0.1, 0.15) is 0 Å². The van der Waals surface area contributed by atoms with Crippen LogP contribution in [-0.2, 0) is 0 Å². The van der Waals surface area contributed by atoms with Crippen LogP contribution in [0, 0.1) is 10.7 Å². The van der Waals surface area contributed by atoms with Crippen molar-refractivity contribution in [3.05, 3.63) is 18.2 Å². The van der Waals surface area contributed by atoms with Crippen molar-refractivity contribution < 1.29 is 4.74 Å². The first-order valence-electron chi connectivity index (χ1n) is 3.27. The number of nitrogen functional groups attached to an aromatic ring is 1. The van der Waals surface area contributed by atoms with E-state index in [1.807, 2.05) is 5.40 Å². The van der Waals surface area contributed by atoms with Crippen molar-refractivity contribution in [2.24, 2.45) is 0 Å². The number of benzene rings is 1. The van der Waals surface area contributed by atoms with Crippen molar-refractivity contribution in [2.45, 2.75) is 4.90 Å². The Morgan fingerprint density at radius 2 is 2.33 bits per heavy atom. The van der Waals surface area contributed by atoms with Gasteiger partial charge in [0.2, 0.25) is 0 Å². The van der Waals surface area contributed by atoms with Gasteiger partial charge in [-0.25, -0.2) is 0 Å². The molecule has 0 atom stereocenters. The Hall–Kier alpha value is -1.34. The molecule has 1 aromatic carbocycles. The summed E-state index contributed by atoms with van der Waals surface area (Å²) in [5.74, 6) is 0.640. The largest absolute Gasteiger partial charge is 0.495 e. The predicted molar refractivity (Wildman–Crippen MR) is 48.9 cm³/mol. The lowest BCUT2D eigenvalue weighted by Crippen LogP contribution is -1.89. The van der Waals surface area contributed by atoms with E-state index in [0.29, 0.717) is 11.4 Å². The highest BCUT2D eigenvalue weighted by atomic mass is 32.2. The Morgan fingerprint density at radius 3 is 2.92 bits per heavy atom. The van der Waals surface area contributed by atoms with Gasteiger partial charge in [0.25, 0.3) is 0 Å². The molecule has 0 aliphatic heterocycles. The van der Waals surface area contributed by atoms with Crippen molar-refractivity contribution in [3.8, 4) is 11.2 Å². The lowest BCUT2D eigenvalue weighted by Gasteiger charge is -2.04. The van der Waals surface area contributed by atoms with Gasteiger partial charge in [0.05, 0.1) is 12.0 Å². The van der Waals surface area contributed by atoms with Crippen molar-refractivity contribution in [1.29, 1.82) is 5.26 Å². The zero-order valence-electron chi connectivity index (χ0n) is 6.57. The topological polar surface area (TPSA) is 59.0 Å². The summed E-state index contributed by atoms with van der Waals surface area (Å²) in [6, 6.07) is 5.20. The van der Waals surface area contributed by atoms with Crippen LogP contribution in [0.3, 0.4) is 0 Å². The van der Waals surface area contributed by atoms with Crippen LogP contribution < -0.4 is 10.5 Å². The van der Waals surface area contributed by atoms with Gasteiger partial charge in [-0.05, 0) is 23.9 Å². The molecule has 3 nitrogen and oxygen atoms in total. The third-order valence-corrected chi connectivity index (χ3v) is 1.99. The van der Waals surface area contributed by atoms with Crippen LogP contribution in [0.4, 0.5) is 5.69 Å². The molecule has 0 saturated carbocycles. The molecule has 62 valence electrons. The number of thiocyanates is 1. The van der Waals surface area contributed by atoms with Crippen molar-refractivity contribution in [3.63, 3.8) is 0 Å². The maximum Gasteiger partial charge on any atom is 0.138 e. The molecule has 1 aromatic rings. The highest BCUT2D eigenvalue weighted by Gasteiger charge is 2.02. The molecule has 0 saturated heterocycles. The molecule has 2 N–H and O–H groups in total. The van der Waals surface area contributed by atoms with Crippen LogP contribution in [0.25, 0.3) is 0 Å². The smallest absolute Gasteiger partial charge is 0.138 e. The van der Waals surface area contributed by atoms with Crippen LogP contribution in [0.5, 0.6) is 5.75 Å². The Kier molecular flexibility index (Phi) is 2.83. The fourth-order valence-electron chi connectivity index (χ4n) is 0.818. The normalized spacial score (nSPS) is 9.00. The minimum Gasteiger partial charge on any atom is -0.495 e. The molecule has 0 amide bonds. The SMILES string of the molecule is COc1cc(N)ccc1SC#N. The minimum absolute atomic E-state index is 0.633. The Balaban J connectivity index is 3.04. The van der Waals surface area contributed by atoms with Crippen molar-refractivity contribution in [2.75, 3.05) is 12.8 Å². The lowest BCUT2D eigenvalue weighted by atomic mass is 10.3. The summed E-state index contributed by atoms with van der Waals surface area (Å²) in [5, 5.41) is 10.4. The number of methoxy groups -OCH3 is 1. The summed E-state index contributed by atoms with van der Waals surface area (Å²) in [6.45, 7) is 0. The van der Waals surface area contributed by atoms with E-state index in [9.17, 15) is 0 Å². The molecule has 12 heavy (non-hydrogen) atoms. The van der Waals surface area contributed by atoms with E-state index in [1.165, 1.54) is 0 Å². The van der Waals surface area contributed by atoms with Crippen LogP contribution >= 0.6 is 11.8 Å². The number of ether oxygens (including phenoxy) is 1. The molecule has 0 spiro atoms. The van der Waals surface area contributed by atoms with E-state index in [0.717, 1.165) is 16.7 Å². The second kappa shape index (κ2) is 3.88. The Morgan fingerprint density at radius 1 is 1.58 bits per heavy atom. The van der Waals surface area contributed by atoms with Crippen LogP contribution in [-0.4, -0.2) is 7.11 Å². The number of anilines is 1. The van der Waals surface area contributed by atoms with Crippen molar-refractivity contribution >= 4 is 17.4 Å². The standard InChI is InChI=1S/C8H8N2OS/c1-11-7-4-6(10)2-3-8(7)12-5-9/h2-4H,10H2,1H3. The fraction of sp³-hybridized carbons (Fsp3) is 0.125. The average molecular weight is 180 g/mol. The van der Waals surface area contributed by atoms with E-state index in [1.54, 1.807) is 25.3 Å². The first-order valence-corrected chi connectivity index (χ1v) is 4.09. The lowest BCUT2D eigenvalue weighted by molar-refractivity contribution is 0.405. The number of hydrogen-bond donors (Lipinski definition) is 1. The summed E-state index contributed by atoms with van der Waals surface area (Å²) >= 11 is 1.06. The molecule has 0 heterocycles. The molecule has 0 fully saturated rings. The quantitative estimate of drug-likeness (QED) is 0.428. The summed E-state index contributed by atoms with van der Waals surface area (Å²) in [6.07, 6.45) is 0. The molecular formula is C8H8N2OS. The van der Waals surface area contributed by atoms with Crippen LogP contribution in [0.15, 0.2) is 23.1 Å². The van der Waals surface area contributed by atoms with Gasteiger partial charge >= 0.3 is 0 Å². The second-order valence-corrected chi connectivity index (χ2v) is 2.93. The molecular weight excluding hydrogens is 172 g/mol. The van der Waals surface area contributed by atoms with Gasteiger partial charge < -0.3 is 10.5 Å². The summed E-state index contributed by atoms with van der Waals surface area (Å²) in [7, 11) is 1.55. The third-order valence-electron chi connectivity index (χ3n) is 1.34. The zero-order chi connectivity index (χ0) is 8.97. The Bertz CT molecular complexity index is 319. The van der Waals surface area contributed by atoms with Gasteiger partial charge in [0, 0.05) is 11.8 Å². The number of hydrogen-bond acceptors (Lipinski definition) is 4. The van der Waals surface area contributed by atoms with Gasteiger partial charge in [-0.1, -0.05) is 0 Å². The van der Waals surface area contributed by atoms with Crippen molar-refractivity contribution in [1.82, 2.24) is 0 Å². The third kappa shape index (κ3) is 1.83. The number of nitrogens with two attached hydrogens (primary N) is 1. The van der Waals surface area contributed by atoms with Gasteiger partial charge in [0.1, 0.15) is 11.2 Å². The van der Waals surface area contributed by atoms with E-state index in [-0.39, 0.29) is 0 Å². The summed E-state index contributed by atoms with van der Waals surface area (Å²) in [4.78, 5) is 0.786. The molecule has 0 aliphatic carbocycles. The molecule has 0 aromatic heterocycles. The van der Waals surface area contributed by atoms with E-state index >= 15 is 0 Å². The van der Waals surface area contributed by atoms with Gasteiger partial charge in [0.15, 0.2) is 0 Å². The summed E-state index contributed by atoms with van der Waals surface area (Å²) < 4.78 is 5.03. The first-order chi connectivity index (χ1) is 5.77. The number of thioether (sulfide) groups is 1. The highest BCUT2D eigenvalue weighted by Crippen LogP contribution is 2.29. The van der Waals surface area contributed by atoms with Gasteiger partial charge in [-0.2, -0.15) is 5.26 Å². The number of rotatable bonds is 2. The maximum absolute atomic E-state index is 8.44. The summed E-state index contributed by atoms with van der Waals surface area (Å²) in [5.41, 5.74) is 6.16. The number of nitrogens with zero attached hydrogens (tertiary/aromatic N) is 1. The monoisotopic (exact) mass is 180 g/mol. The molecule has 0 radical (unpaired) electrons. The number of nitriles is 1. The van der Waals surface area contributed by atoms with Gasteiger partial charge in [-0.3, -0.25) is 0 Å².